The summed E-state index contributed by atoms with van der Waals surface area (Å²) in [5.41, 5.74) is 0.545. The largest absolute Gasteiger partial charge is 0.494 e. The number of amides is 1. The summed E-state index contributed by atoms with van der Waals surface area (Å²) in [5.74, 6) is -0.618. The fraction of sp³-hybridized carbons (Fsp3) is 0.294. The molecule has 0 unspecified atom stereocenters. The zero-order valence-corrected chi connectivity index (χ0v) is 18.1. The van der Waals surface area contributed by atoms with Crippen LogP contribution in [0.1, 0.15) is 10.6 Å². The molecule has 1 amide bonds. The van der Waals surface area contributed by atoms with E-state index in [1.54, 1.807) is 12.1 Å². The first-order chi connectivity index (χ1) is 13.3. The number of hydrogen-bond acceptors (Lipinski definition) is 8. The molecule has 12 heteroatoms. The highest BCUT2D eigenvalue weighted by Crippen LogP contribution is 2.39. The number of nitro groups is 1. The minimum Gasteiger partial charge on any atom is -0.494 e. The molecule has 0 bridgehead atoms. The zero-order chi connectivity index (χ0) is 20.4. The fourth-order valence-electron chi connectivity index (χ4n) is 2.48. The van der Waals surface area contributed by atoms with E-state index < -0.39 is 16.7 Å². The summed E-state index contributed by atoms with van der Waals surface area (Å²) < 4.78 is 11.1. The van der Waals surface area contributed by atoms with Crippen LogP contribution in [0.4, 0.5) is 11.0 Å². The highest BCUT2D eigenvalue weighted by atomic mass is 35.5. The minimum absolute atomic E-state index is 0. The number of fused-ring (bicyclic) bond motifs is 1. The molecule has 0 radical (unpaired) electrons. The monoisotopic (exact) mass is 460 g/mol. The van der Waals surface area contributed by atoms with E-state index in [0.29, 0.717) is 39.2 Å². The van der Waals surface area contributed by atoms with Crippen molar-refractivity contribution in [3.05, 3.63) is 45.2 Å². The number of carbonyl (C=O) groups is 1. The van der Waals surface area contributed by atoms with Gasteiger partial charge in [-0.05, 0) is 32.3 Å². The Hall–Kier alpha value is -2.40. The summed E-state index contributed by atoms with van der Waals surface area (Å²) in [4.78, 5) is 31.0. The number of aromatic nitrogens is 1. The standard InChI is InChI=1S/C17H17ClN4O5S.ClH/c1-20(2)8-9-21(16(23)12-6-7-13(27-12)22(24)25)17-19-14-11(26-3)5-4-10(18)15(14)28-17;/h4-7H,8-9H2,1-3H3;1H. The minimum atomic E-state index is -0.691. The van der Waals surface area contributed by atoms with Crippen molar-refractivity contribution in [2.75, 3.05) is 39.2 Å². The van der Waals surface area contributed by atoms with Gasteiger partial charge in [-0.15, -0.1) is 12.4 Å². The molecule has 9 nitrogen and oxygen atoms in total. The molecule has 0 atom stereocenters. The smallest absolute Gasteiger partial charge is 0.433 e. The first-order valence-electron chi connectivity index (χ1n) is 8.15. The molecular formula is C17H18Cl2N4O5S. The molecule has 156 valence electrons. The van der Waals surface area contributed by atoms with Crippen LogP contribution in [0, 0.1) is 10.1 Å². The number of rotatable bonds is 7. The lowest BCUT2D eigenvalue weighted by molar-refractivity contribution is -0.402. The Labute approximate surface area is 181 Å². The average molecular weight is 461 g/mol. The summed E-state index contributed by atoms with van der Waals surface area (Å²) in [6, 6.07) is 5.84. The second kappa shape index (κ2) is 9.40. The molecule has 2 heterocycles. The number of methoxy groups -OCH3 is 1. The number of hydrogen-bond donors (Lipinski definition) is 0. The third-order valence-corrected chi connectivity index (χ3v) is 5.44. The maximum absolute atomic E-state index is 13.0. The van der Waals surface area contributed by atoms with Gasteiger partial charge in [-0.2, -0.15) is 0 Å². The van der Waals surface area contributed by atoms with Gasteiger partial charge in [0, 0.05) is 13.1 Å². The topological polar surface area (TPSA) is 102 Å². The molecule has 0 spiro atoms. The summed E-state index contributed by atoms with van der Waals surface area (Å²) in [6.45, 7) is 0.857. The molecule has 3 aromatic rings. The highest BCUT2D eigenvalue weighted by Gasteiger charge is 2.27. The van der Waals surface area contributed by atoms with Crippen LogP contribution in [0.2, 0.25) is 5.02 Å². The molecule has 0 fully saturated rings. The lowest BCUT2D eigenvalue weighted by Crippen LogP contribution is -2.36. The maximum atomic E-state index is 13.0. The highest BCUT2D eigenvalue weighted by molar-refractivity contribution is 7.23. The van der Waals surface area contributed by atoms with Crippen molar-refractivity contribution >= 4 is 62.5 Å². The van der Waals surface area contributed by atoms with Gasteiger partial charge in [-0.1, -0.05) is 22.9 Å². The summed E-state index contributed by atoms with van der Waals surface area (Å²) >= 11 is 7.51. The Balaban J connectivity index is 0.00000300. The van der Waals surface area contributed by atoms with Gasteiger partial charge in [0.1, 0.15) is 16.2 Å². The van der Waals surface area contributed by atoms with Crippen molar-refractivity contribution in [3.8, 4) is 5.75 Å². The molecule has 0 saturated heterocycles. The first kappa shape index (κ1) is 22.9. The maximum Gasteiger partial charge on any atom is 0.433 e. The van der Waals surface area contributed by atoms with Crippen LogP contribution in [-0.4, -0.2) is 55.0 Å². The van der Waals surface area contributed by atoms with E-state index in [2.05, 4.69) is 4.98 Å². The van der Waals surface area contributed by atoms with Crippen LogP contribution in [0.3, 0.4) is 0 Å². The second-order valence-corrected chi connectivity index (χ2v) is 7.46. The Kier molecular flexibility index (Phi) is 7.42. The van der Waals surface area contributed by atoms with E-state index in [1.165, 1.54) is 29.4 Å². The number of ether oxygens (including phenoxy) is 1. The van der Waals surface area contributed by atoms with Crippen LogP contribution in [0.25, 0.3) is 10.2 Å². The van der Waals surface area contributed by atoms with Crippen molar-refractivity contribution in [2.24, 2.45) is 0 Å². The van der Waals surface area contributed by atoms with Gasteiger partial charge in [0.25, 0.3) is 5.91 Å². The van der Waals surface area contributed by atoms with Gasteiger partial charge in [0.2, 0.25) is 0 Å². The van der Waals surface area contributed by atoms with Gasteiger partial charge in [-0.3, -0.25) is 19.8 Å². The lowest BCUT2D eigenvalue weighted by atomic mass is 10.3. The van der Waals surface area contributed by atoms with E-state index in [1.807, 2.05) is 19.0 Å². The molecular weight excluding hydrogens is 443 g/mol. The van der Waals surface area contributed by atoms with E-state index in [0.717, 1.165) is 6.07 Å². The van der Waals surface area contributed by atoms with Crippen LogP contribution in [-0.2, 0) is 0 Å². The molecule has 0 aliphatic heterocycles. The lowest BCUT2D eigenvalue weighted by Gasteiger charge is -2.20. The summed E-state index contributed by atoms with van der Waals surface area (Å²) in [5, 5.41) is 11.7. The third kappa shape index (κ3) is 4.78. The number of carbonyl (C=O) groups excluding carboxylic acids is 1. The summed E-state index contributed by atoms with van der Waals surface area (Å²) in [6.07, 6.45) is 0. The molecule has 0 saturated carbocycles. The van der Waals surface area contributed by atoms with Crippen LogP contribution >= 0.6 is 35.3 Å². The van der Waals surface area contributed by atoms with E-state index in [4.69, 9.17) is 20.8 Å². The molecule has 1 aromatic carbocycles. The number of furan rings is 1. The molecule has 29 heavy (non-hydrogen) atoms. The number of halogens is 2. The SMILES string of the molecule is COc1ccc(Cl)c2sc(N(CCN(C)C)C(=O)c3ccc([N+](=O)[O-])o3)nc12.Cl. The predicted octanol–water partition coefficient (Wildman–Crippen LogP) is 4.09. The van der Waals surface area contributed by atoms with Crippen molar-refractivity contribution < 1.29 is 18.9 Å². The molecule has 0 aliphatic carbocycles. The Morgan fingerprint density at radius 2 is 2.03 bits per heavy atom. The third-order valence-electron chi connectivity index (χ3n) is 3.90. The second-order valence-electron chi connectivity index (χ2n) is 6.08. The average Bonchev–Trinajstić information content (AvgIpc) is 3.30. The quantitative estimate of drug-likeness (QED) is 0.386. The van der Waals surface area contributed by atoms with E-state index >= 15 is 0 Å². The van der Waals surface area contributed by atoms with Gasteiger partial charge in [-0.25, -0.2) is 4.98 Å². The number of benzene rings is 1. The summed E-state index contributed by atoms with van der Waals surface area (Å²) in [7, 11) is 5.27. The van der Waals surface area contributed by atoms with E-state index in [-0.39, 0.29) is 18.2 Å². The van der Waals surface area contributed by atoms with Crippen LogP contribution in [0.5, 0.6) is 5.75 Å². The number of likely N-dealkylation sites (N-methyl/N-ethyl adjacent to an activating group) is 1. The van der Waals surface area contributed by atoms with Crippen molar-refractivity contribution in [2.45, 2.75) is 0 Å². The number of anilines is 1. The zero-order valence-electron chi connectivity index (χ0n) is 15.7. The van der Waals surface area contributed by atoms with Crippen LogP contribution < -0.4 is 9.64 Å². The number of nitrogens with zero attached hydrogens (tertiary/aromatic N) is 4. The van der Waals surface area contributed by atoms with Crippen molar-refractivity contribution in [1.29, 1.82) is 0 Å². The van der Waals surface area contributed by atoms with Gasteiger partial charge in [0.15, 0.2) is 10.9 Å². The van der Waals surface area contributed by atoms with Gasteiger partial charge in [0.05, 0.1) is 22.9 Å². The number of thiazole rings is 1. The normalized spacial score (nSPS) is 10.8. The fourth-order valence-corrected chi connectivity index (χ4v) is 3.76. The van der Waals surface area contributed by atoms with E-state index in [9.17, 15) is 14.9 Å². The Morgan fingerprint density at radius 3 is 2.62 bits per heavy atom. The van der Waals surface area contributed by atoms with Crippen molar-refractivity contribution in [1.82, 2.24) is 9.88 Å². The molecule has 0 N–H and O–H groups in total. The Morgan fingerprint density at radius 1 is 1.31 bits per heavy atom. The molecule has 3 rings (SSSR count). The predicted molar refractivity (Wildman–Crippen MR) is 114 cm³/mol. The van der Waals surface area contributed by atoms with Gasteiger partial charge < -0.3 is 14.1 Å². The molecule has 2 aromatic heterocycles. The Bertz CT molecular complexity index is 1040. The van der Waals surface area contributed by atoms with Crippen LogP contribution in [0.15, 0.2) is 28.7 Å². The first-order valence-corrected chi connectivity index (χ1v) is 9.35. The van der Waals surface area contributed by atoms with Gasteiger partial charge >= 0.3 is 5.88 Å². The van der Waals surface area contributed by atoms with Crippen molar-refractivity contribution in [3.63, 3.8) is 0 Å². The molecule has 0 aliphatic rings.